The number of nitrogens with one attached hydrogen (secondary N) is 1. The van der Waals surface area contributed by atoms with Crippen LogP contribution in [-0.2, 0) is 52.6 Å². The van der Waals surface area contributed by atoms with Crippen LogP contribution in [0.3, 0.4) is 0 Å². The number of thiol groups is 1. The van der Waals surface area contributed by atoms with E-state index in [1.165, 1.54) is 11.3 Å². The maximum absolute atomic E-state index is 12.7. The van der Waals surface area contributed by atoms with Crippen molar-refractivity contribution in [2.45, 2.75) is 191 Å². The zero-order valence-corrected chi connectivity index (χ0v) is 48.1. The van der Waals surface area contributed by atoms with E-state index in [2.05, 4.69) is 24.9 Å². The number of amides is 3. The van der Waals surface area contributed by atoms with Crippen LogP contribution in [-0.4, -0.2) is 159 Å². The van der Waals surface area contributed by atoms with Gasteiger partial charge in [-0.1, -0.05) is 102 Å². The number of rotatable bonds is 12. The minimum absolute atomic E-state index is 0.0130. The van der Waals surface area contributed by atoms with Gasteiger partial charge in [0.2, 0.25) is 16.6 Å². The smallest absolute Gasteiger partial charge is 0.411 e. The van der Waals surface area contributed by atoms with E-state index in [1.807, 2.05) is 34.6 Å². The highest BCUT2D eigenvalue weighted by molar-refractivity contribution is 8.13. The summed E-state index contributed by atoms with van der Waals surface area (Å²) < 4.78 is 10.7. The molecule has 0 radical (unpaired) electrons. The highest BCUT2D eigenvalue weighted by atomic mass is 32.2. The molecule has 3 amide bonds. The number of thioether (sulfide) groups is 1. The highest BCUT2D eigenvalue weighted by Gasteiger charge is 2.65. The largest absolute Gasteiger partial charge is 0.479 e. The predicted molar refractivity (Wildman–Crippen MR) is 273 cm³/mol. The average Bonchev–Trinajstić information content (AvgIpc) is 3.80. The van der Waals surface area contributed by atoms with Crippen LogP contribution >= 0.6 is 24.4 Å². The number of hydrogen-bond acceptors (Lipinski definition) is 18. The minimum Gasteiger partial charge on any atom is -0.479 e. The van der Waals surface area contributed by atoms with E-state index in [4.69, 9.17) is 28.7 Å². The van der Waals surface area contributed by atoms with E-state index in [1.54, 1.807) is 90.0 Å². The van der Waals surface area contributed by atoms with E-state index >= 15 is 0 Å². The molecule has 0 bridgehead atoms. The lowest BCUT2D eigenvalue weighted by Gasteiger charge is -2.43. The van der Waals surface area contributed by atoms with Gasteiger partial charge in [-0.05, 0) is 89.7 Å². The Morgan fingerprint density at radius 2 is 1.14 bits per heavy atom. The fourth-order valence-corrected chi connectivity index (χ4v) is 9.28. The molecule has 0 aliphatic carbocycles. The third-order valence-corrected chi connectivity index (χ3v) is 14.3. The minimum atomic E-state index is -1.85. The quantitative estimate of drug-likeness (QED) is 0.0923. The van der Waals surface area contributed by atoms with Crippen LogP contribution in [0.5, 0.6) is 0 Å². The molecule has 422 valence electrons. The molecule has 3 heterocycles. The maximum atomic E-state index is 12.7. The number of aliphatic carboxylic acids is 2. The molecule has 21 nitrogen and oxygen atoms in total. The van der Waals surface area contributed by atoms with Gasteiger partial charge in [-0.2, -0.15) is 31.8 Å². The lowest BCUT2D eigenvalue weighted by Crippen LogP contribution is -2.64. The van der Waals surface area contributed by atoms with Crippen LogP contribution < -0.4 is 5.32 Å². The van der Waals surface area contributed by atoms with Crippen LogP contribution in [0.15, 0.2) is 0 Å². The fourth-order valence-electron chi connectivity index (χ4n) is 8.36. The number of Topliss-reactive ketones (excluding diaryl/α,β-unsaturated/α-hetero) is 1. The Kier molecular flexibility index (Phi) is 31.4. The lowest BCUT2D eigenvalue weighted by molar-refractivity contribution is -0.193. The number of hydrogen-bond donors (Lipinski definition) is 7. The van der Waals surface area contributed by atoms with E-state index in [0.717, 1.165) is 28.8 Å². The summed E-state index contributed by atoms with van der Waals surface area (Å²) in [5, 5.41) is 53.1. The van der Waals surface area contributed by atoms with Gasteiger partial charge in [-0.15, -0.1) is 0 Å². The number of aliphatic hydroxyl groups is 3. The Balaban J connectivity index is -0.000000921. The molecule has 0 saturated carbocycles. The summed E-state index contributed by atoms with van der Waals surface area (Å²) in [6, 6.07) is 0. The van der Waals surface area contributed by atoms with Gasteiger partial charge in [0.15, 0.2) is 16.9 Å². The van der Waals surface area contributed by atoms with Crippen LogP contribution in [0.2, 0.25) is 0 Å². The first-order valence-corrected chi connectivity index (χ1v) is 26.0. The third-order valence-electron chi connectivity index (χ3n) is 12.6. The first-order chi connectivity index (χ1) is 33.2. The second-order valence-corrected chi connectivity index (χ2v) is 23.0. The van der Waals surface area contributed by atoms with Gasteiger partial charge in [-0.25, -0.2) is 19.2 Å². The number of likely N-dealkylation sites (tertiary alicyclic amines) is 2. The molecule has 3 aliphatic heterocycles. The summed E-state index contributed by atoms with van der Waals surface area (Å²) in [4.78, 5) is 121. The van der Waals surface area contributed by atoms with Crippen molar-refractivity contribution in [3.8, 4) is 0 Å². The normalized spacial score (nSPS) is 26.5. The molecule has 0 spiro atoms. The zero-order chi connectivity index (χ0) is 58.5. The van der Waals surface area contributed by atoms with Crippen LogP contribution in [0, 0.1) is 47.3 Å². The topological polar surface area (TPSA) is 326 Å². The second kappa shape index (κ2) is 31.5. The Bertz CT molecular complexity index is 1880. The first-order valence-electron chi connectivity index (χ1n) is 24.4. The van der Waals surface area contributed by atoms with Gasteiger partial charge < -0.3 is 40.3 Å². The van der Waals surface area contributed by atoms with Crippen molar-refractivity contribution >= 4 is 77.6 Å². The van der Waals surface area contributed by atoms with Gasteiger partial charge in [0.05, 0.1) is 24.2 Å². The standard InChI is InChI=1S/C16H29NO5.C16H27NO5.C13H23NO4S.C3H8S.2CO2/c2*1-9(2)11(4)16(13(19)20)12(18)10(3)8-17(16)14(21)22-15(5,6)7;1-5-6-19-12(18)13(9(15)7(2)3)10(16)8(4)11(17)14-13;1-2-3-4;2*2-1-3/h9-12,18H,8H2,1-7H3,(H,19,20);9-11H,8H2,1-7H3,(H,19,20);7-10,15-16H,5-6H2,1-4H3,(H,14,17);4H,2-3H2,1H3;;/t10-,11-,12-,16+;10-,11-,16+;8-,9+,10+,13-;;;/m001.../s1. The molecule has 3 fully saturated rings. The van der Waals surface area contributed by atoms with Crippen molar-refractivity contribution in [2.75, 3.05) is 24.6 Å². The number of carbonyl (C=O) groups is 7. The molecule has 0 aromatic rings. The van der Waals surface area contributed by atoms with Gasteiger partial charge in [-0.3, -0.25) is 24.2 Å². The molecule has 3 rings (SSSR count). The second-order valence-electron chi connectivity index (χ2n) is 21.4. The van der Waals surface area contributed by atoms with E-state index in [0.29, 0.717) is 5.75 Å². The molecule has 23 heteroatoms. The van der Waals surface area contributed by atoms with Crippen molar-refractivity contribution in [3.05, 3.63) is 0 Å². The fraction of sp³-hybridized carbons (Fsp3) is 0.820. The van der Waals surface area contributed by atoms with Crippen molar-refractivity contribution in [1.82, 2.24) is 15.1 Å². The van der Waals surface area contributed by atoms with E-state index in [-0.39, 0.29) is 54.2 Å². The maximum Gasteiger partial charge on any atom is 0.411 e. The van der Waals surface area contributed by atoms with Gasteiger partial charge in [0.25, 0.3) is 0 Å². The van der Waals surface area contributed by atoms with E-state index in [9.17, 15) is 59.1 Å². The summed E-state index contributed by atoms with van der Waals surface area (Å²) in [7, 11) is 0. The summed E-state index contributed by atoms with van der Waals surface area (Å²) in [6.45, 7) is 34.0. The van der Waals surface area contributed by atoms with Crippen molar-refractivity contribution in [3.63, 3.8) is 0 Å². The number of carboxylic acid groups (broad SMARTS) is 2. The third kappa shape index (κ3) is 18.5. The molecule has 0 aromatic heterocycles. The number of ketones is 1. The zero-order valence-electron chi connectivity index (χ0n) is 46.4. The Morgan fingerprint density at radius 3 is 1.44 bits per heavy atom. The molecular formula is C50H87N3O18S2. The molecule has 73 heavy (non-hydrogen) atoms. The summed E-state index contributed by atoms with van der Waals surface area (Å²) >= 11 is 4.97. The molecule has 0 aromatic carbocycles. The molecular weight excluding hydrogens is 995 g/mol. The van der Waals surface area contributed by atoms with Crippen LogP contribution in [0.25, 0.3) is 0 Å². The van der Waals surface area contributed by atoms with Crippen LogP contribution in [0.1, 0.15) is 144 Å². The SMILES string of the molecule is CC(C)[C@H](C)[C@]1(C(=O)O)C(=O)[C@@H](C)CN1C(=O)OC(C)(C)C.CC(C)[C@H](C)[C@]1(C(=O)O)[C@@H](O)[C@@H](C)CN1C(=O)OC(C)(C)C.CCCS.CCCSC(=O)[C@]1([C@@H](O)C(C)C)NC(=O)[C@H](C)[C@@H]1O.O=C=O.O=C=O. The molecule has 3 saturated heterocycles. The molecule has 6 N–H and O–H groups in total. The number of nitrogens with zero attached hydrogens (tertiary/aromatic N) is 2. The summed E-state index contributed by atoms with van der Waals surface area (Å²) in [5.41, 5.74) is -6.56. The van der Waals surface area contributed by atoms with E-state index < -0.39 is 106 Å². The van der Waals surface area contributed by atoms with Gasteiger partial charge in [0.1, 0.15) is 11.2 Å². The Hall–Kier alpha value is -4.37. The average molecular weight is 1080 g/mol. The molecule has 11 atom stereocenters. The summed E-state index contributed by atoms with van der Waals surface area (Å²) in [6.07, 6.45) is -2.38. The predicted octanol–water partition coefficient (Wildman–Crippen LogP) is 5.61. The lowest BCUT2D eigenvalue weighted by atomic mass is 9.73. The first kappa shape index (κ1) is 72.9. The number of ether oxygens (including phenoxy) is 2. The van der Waals surface area contributed by atoms with Gasteiger partial charge >= 0.3 is 36.4 Å². The molecule has 0 unspecified atom stereocenters. The Labute approximate surface area is 441 Å². The number of carbonyl (C=O) groups excluding carboxylic acids is 9. The number of aliphatic hydroxyl groups excluding tert-OH is 3. The Morgan fingerprint density at radius 1 is 0.726 bits per heavy atom. The van der Waals surface area contributed by atoms with Crippen molar-refractivity contribution < 1.29 is 87.7 Å². The highest BCUT2D eigenvalue weighted by Crippen LogP contribution is 2.44. The number of carboxylic acids is 2. The monoisotopic (exact) mass is 1080 g/mol. The van der Waals surface area contributed by atoms with Crippen molar-refractivity contribution in [2.24, 2.45) is 47.3 Å². The molecule has 3 aliphatic rings. The van der Waals surface area contributed by atoms with Gasteiger partial charge in [0, 0.05) is 30.7 Å². The van der Waals surface area contributed by atoms with Crippen LogP contribution in [0.4, 0.5) is 9.59 Å². The summed E-state index contributed by atoms with van der Waals surface area (Å²) in [5.74, 6) is -4.48. The van der Waals surface area contributed by atoms with Crippen molar-refractivity contribution in [1.29, 1.82) is 0 Å².